The van der Waals surface area contributed by atoms with E-state index in [1.807, 2.05) is 0 Å². The minimum atomic E-state index is -1.03. The number of nitro benzene ring substituents is 1. The molecule has 1 saturated heterocycles. The van der Waals surface area contributed by atoms with E-state index in [2.05, 4.69) is 5.32 Å². The Balaban J connectivity index is 2.19. The lowest BCUT2D eigenvalue weighted by atomic mass is 10.0. The van der Waals surface area contributed by atoms with E-state index in [1.54, 1.807) is 0 Å². The van der Waals surface area contributed by atoms with Gasteiger partial charge in [0, 0.05) is 19.6 Å². The molecule has 0 radical (unpaired) electrons. The summed E-state index contributed by atoms with van der Waals surface area (Å²) in [6.45, 7) is 2.30. The van der Waals surface area contributed by atoms with Crippen molar-refractivity contribution in [1.82, 2.24) is 0 Å². The minimum absolute atomic E-state index is 0.124. The Morgan fingerprint density at radius 3 is 2.95 bits per heavy atom. The number of benzene rings is 1. The third kappa shape index (κ3) is 2.99. The van der Waals surface area contributed by atoms with Crippen molar-refractivity contribution in [2.45, 2.75) is 18.9 Å². The fraction of sp³-hybridized carbons (Fsp3) is 0.500. The summed E-state index contributed by atoms with van der Waals surface area (Å²) in [6, 6.07) is 2.25. The van der Waals surface area contributed by atoms with Crippen molar-refractivity contribution in [3.05, 3.63) is 33.6 Å². The van der Waals surface area contributed by atoms with Gasteiger partial charge in [-0.2, -0.15) is 0 Å². The molecule has 0 bridgehead atoms. The zero-order valence-electron chi connectivity index (χ0n) is 10.5. The van der Waals surface area contributed by atoms with Crippen LogP contribution in [0.5, 0.6) is 0 Å². The van der Waals surface area contributed by atoms with Gasteiger partial charge in [0.25, 0.3) is 5.69 Å². The zero-order chi connectivity index (χ0) is 14.0. The smallest absolute Gasteiger partial charge is 0.295 e. The first-order chi connectivity index (χ1) is 8.91. The van der Waals surface area contributed by atoms with Crippen molar-refractivity contribution in [3.63, 3.8) is 0 Å². The Morgan fingerprint density at radius 1 is 1.63 bits per heavy atom. The van der Waals surface area contributed by atoms with E-state index in [0.29, 0.717) is 18.6 Å². The van der Waals surface area contributed by atoms with Crippen LogP contribution in [0.25, 0.3) is 0 Å². The highest BCUT2D eigenvalue weighted by molar-refractivity contribution is 5.63. The molecule has 0 saturated carbocycles. The van der Waals surface area contributed by atoms with Crippen molar-refractivity contribution in [3.8, 4) is 0 Å². The number of nitrogens with one attached hydrogen (secondary N) is 1. The molecule has 1 unspecified atom stereocenters. The molecule has 1 aromatic rings. The number of aliphatic hydroxyl groups is 1. The molecule has 1 fully saturated rings. The van der Waals surface area contributed by atoms with Crippen LogP contribution in [0.1, 0.15) is 12.0 Å². The average molecular weight is 270 g/mol. The summed E-state index contributed by atoms with van der Waals surface area (Å²) in [5, 5.41) is 23.8. The molecule has 6 nitrogen and oxygen atoms in total. The first kappa shape index (κ1) is 13.7. The molecule has 1 atom stereocenters. The summed E-state index contributed by atoms with van der Waals surface area (Å²) in [7, 11) is 0. The zero-order valence-corrected chi connectivity index (χ0v) is 10.5. The number of aryl methyl sites for hydroxylation is 1. The highest BCUT2D eigenvalue weighted by atomic mass is 19.1. The van der Waals surface area contributed by atoms with Crippen molar-refractivity contribution in [1.29, 1.82) is 0 Å². The number of anilines is 1. The minimum Gasteiger partial charge on any atom is -0.386 e. The Bertz CT molecular complexity index is 501. The van der Waals surface area contributed by atoms with Crippen LogP contribution in [0.15, 0.2) is 12.1 Å². The predicted molar refractivity (Wildman–Crippen MR) is 66.7 cm³/mol. The van der Waals surface area contributed by atoms with Crippen molar-refractivity contribution >= 4 is 11.4 Å². The Morgan fingerprint density at radius 2 is 2.37 bits per heavy atom. The number of hydrogen-bond acceptors (Lipinski definition) is 5. The van der Waals surface area contributed by atoms with Gasteiger partial charge >= 0.3 is 0 Å². The molecule has 0 spiro atoms. The topological polar surface area (TPSA) is 84.6 Å². The second kappa shape index (κ2) is 5.10. The predicted octanol–water partition coefficient (Wildman–Crippen LogP) is 1.61. The van der Waals surface area contributed by atoms with Gasteiger partial charge in [-0.15, -0.1) is 0 Å². The van der Waals surface area contributed by atoms with Gasteiger partial charge in [-0.05, 0) is 18.6 Å². The molecular weight excluding hydrogens is 255 g/mol. The number of nitro groups is 1. The lowest BCUT2D eigenvalue weighted by Gasteiger charge is -2.21. The van der Waals surface area contributed by atoms with Gasteiger partial charge in [-0.1, -0.05) is 0 Å². The number of nitrogens with zero attached hydrogens (tertiary/aromatic N) is 1. The van der Waals surface area contributed by atoms with Gasteiger partial charge in [0.2, 0.25) is 0 Å². The van der Waals surface area contributed by atoms with Crippen molar-refractivity contribution in [2.75, 3.05) is 25.1 Å². The Kier molecular flexibility index (Phi) is 3.68. The molecule has 0 aromatic heterocycles. The molecule has 19 heavy (non-hydrogen) atoms. The molecule has 2 N–H and O–H groups in total. The van der Waals surface area contributed by atoms with Crippen molar-refractivity contribution in [2.24, 2.45) is 0 Å². The molecule has 2 rings (SSSR count). The van der Waals surface area contributed by atoms with E-state index >= 15 is 0 Å². The molecule has 0 aliphatic carbocycles. The molecule has 1 aliphatic rings. The number of halogens is 1. The average Bonchev–Trinajstić information content (AvgIpc) is 2.77. The second-order valence-electron chi connectivity index (χ2n) is 4.76. The van der Waals surface area contributed by atoms with Crippen LogP contribution in [0, 0.1) is 22.9 Å². The van der Waals surface area contributed by atoms with Gasteiger partial charge in [0.05, 0.1) is 17.6 Å². The normalized spacial score (nSPS) is 22.5. The van der Waals surface area contributed by atoms with Gasteiger partial charge in [0.1, 0.15) is 17.1 Å². The first-order valence-electron chi connectivity index (χ1n) is 5.90. The SMILES string of the molecule is Cc1cc(NCC2(O)CCOC2)c([N+](=O)[O-])cc1F. The van der Waals surface area contributed by atoms with E-state index in [-0.39, 0.29) is 24.5 Å². The second-order valence-corrected chi connectivity index (χ2v) is 4.76. The van der Waals surface area contributed by atoms with E-state index in [0.717, 1.165) is 6.07 Å². The molecule has 1 aliphatic heterocycles. The van der Waals surface area contributed by atoms with Crippen LogP contribution in [-0.2, 0) is 4.74 Å². The van der Waals surface area contributed by atoms with E-state index in [4.69, 9.17) is 4.74 Å². The quantitative estimate of drug-likeness (QED) is 0.641. The maximum atomic E-state index is 13.3. The Labute approximate surface area is 109 Å². The lowest BCUT2D eigenvalue weighted by molar-refractivity contribution is -0.384. The van der Waals surface area contributed by atoms with Crippen LogP contribution >= 0.6 is 0 Å². The highest BCUT2D eigenvalue weighted by Crippen LogP contribution is 2.28. The molecule has 1 aromatic carbocycles. The molecule has 7 heteroatoms. The van der Waals surface area contributed by atoms with E-state index in [9.17, 15) is 19.6 Å². The summed E-state index contributed by atoms with van der Waals surface area (Å²) in [4.78, 5) is 10.2. The molecule has 104 valence electrons. The fourth-order valence-electron chi connectivity index (χ4n) is 1.96. The largest absolute Gasteiger partial charge is 0.386 e. The molecular formula is C12H15FN2O4. The Hall–Kier alpha value is -1.73. The monoisotopic (exact) mass is 270 g/mol. The van der Waals surface area contributed by atoms with E-state index in [1.165, 1.54) is 13.0 Å². The number of hydrogen-bond donors (Lipinski definition) is 2. The van der Waals surface area contributed by atoms with Gasteiger partial charge < -0.3 is 15.2 Å². The van der Waals surface area contributed by atoms with Crippen LogP contribution in [0.3, 0.4) is 0 Å². The highest BCUT2D eigenvalue weighted by Gasteiger charge is 2.32. The van der Waals surface area contributed by atoms with Gasteiger partial charge in [-0.3, -0.25) is 10.1 Å². The van der Waals surface area contributed by atoms with Crippen LogP contribution < -0.4 is 5.32 Å². The summed E-state index contributed by atoms with van der Waals surface area (Å²) in [5.41, 5.74) is -0.867. The number of ether oxygens (including phenoxy) is 1. The summed E-state index contributed by atoms with van der Waals surface area (Å²) in [5.74, 6) is -0.625. The molecule has 1 heterocycles. The van der Waals surface area contributed by atoms with Crippen LogP contribution in [0.2, 0.25) is 0 Å². The lowest BCUT2D eigenvalue weighted by Crippen LogP contribution is -2.37. The van der Waals surface area contributed by atoms with Crippen LogP contribution in [0.4, 0.5) is 15.8 Å². The third-order valence-electron chi connectivity index (χ3n) is 3.16. The maximum absolute atomic E-state index is 13.3. The fourth-order valence-corrected chi connectivity index (χ4v) is 1.96. The summed E-state index contributed by atoms with van der Waals surface area (Å²) < 4.78 is 18.4. The van der Waals surface area contributed by atoms with Gasteiger partial charge in [-0.25, -0.2) is 4.39 Å². The number of rotatable bonds is 4. The van der Waals surface area contributed by atoms with Crippen LogP contribution in [-0.4, -0.2) is 35.4 Å². The third-order valence-corrected chi connectivity index (χ3v) is 3.16. The molecule has 0 amide bonds. The summed E-state index contributed by atoms with van der Waals surface area (Å²) in [6.07, 6.45) is 0.466. The standard InChI is InChI=1S/C12H15FN2O4/c1-8-4-10(11(15(17)18)5-9(8)13)14-6-12(16)2-3-19-7-12/h4-5,14,16H,2-3,6-7H2,1H3. The van der Waals surface area contributed by atoms with E-state index < -0.39 is 16.3 Å². The van der Waals surface area contributed by atoms with Gasteiger partial charge in [0.15, 0.2) is 0 Å². The maximum Gasteiger partial charge on any atom is 0.295 e. The van der Waals surface area contributed by atoms with Crippen molar-refractivity contribution < 1.29 is 19.2 Å². The summed E-state index contributed by atoms with van der Waals surface area (Å²) >= 11 is 0. The first-order valence-corrected chi connectivity index (χ1v) is 5.90.